The van der Waals surface area contributed by atoms with Crippen LogP contribution in [-0.4, -0.2) is 11.6 Å². The van der Waals surface area contributed by atoms with E-state index in [1.54, 1.807) is 0 Å². The van der Waals surface area contributed by atoms with Crippen molar-refractivity contribution in [2.75, 3.05) is 7.05 Å². The molecule has 0 aliphatic heterocycles. The molecule has 0 saturated heterocycles. The molecule has 1 aromatic heterocycles. The summed E-state index contributed by atoms with van der Waals surface area (Å²) in [5.74, 6) is -1.08. The van der Waals surface area contributed by atoms with Crippen molar-refractivity contribution in [2.45, 2.75) is 19.5 Å². The lowest BCUT2D eigenvalue weighted by Gasteiger charge is -2.07. The molecule has 2 rings (SSSR count). The molecular formula is C14H16F2N2. The molecule has 1 unspecified atom stereocenters. The van der Waals surface area contributed by atoms with Crippen LogP contribution in [0.1, 0.15) is 24.1 Å². The van der Waals surface area contributed by atoms with Crippen LogP contribution in [0.15, 0.2) is 36.7 Å². The van der Waals surface area contributed by atoms with E-state index in [0.717, 1.165) is 11.6 Å². The van der Waals surface area contributed by atoms with Crippen LogP contribution in [0.5, 0.6) is 0 Å². The van der Waals surface area contributed by atoms with Gasteiger partial charge in [-0.15, -0.1) is 0 Å². The number of benzene rings is 1. The van der Waals surface area contributed by atoms with Gasteiger partial charge in [-0.2, -0.15) is 0 Å². The summed E-state index contributed by atoms with van der Waals surface area (Å²) in [5.41, 5.74) is 1.76. The zero-order valence-electron chi connectivity index (χ0n) is 10.5. The van der Waals surface area contributed by atoms with Gasteiger partial charge in [0.15, 0.2) is 0 Å². The molecule has 1 N–H and O–H groups in total. The first-order valence-electron chi connectivity index (χ1n) is 5.86. The van der Waals surface area contributed by atoms with Crippen LogP contribution in [0.25, 0.3) is 0 Å². The van der Waals surface area contributed by atoms with Gasteiger partial charge in [0.1, 0.15) is 11.6 Å². The number of nitrogens with one attached hydrogen (secondary N) is 1. The summed E-state index contributed by atoms with van der Waals surface area (Å²) >= 11 is 0. The number of halogens is 2. The Morgan fingerprint density at radius 3 is 2.50 bits per heavy atom. The Balaban J connectivity index is 2.16. The van der Waals surface area contributed by atoms with Crippen LogP contribution in [0.4, 0.5) is 8.78 Å². The van der Waals surface area contributed by atoms with E-state index in [2.05, 4.69) is 12.2 Å². The maximum Gasteiger partial charge on any atom is 0.126 e. The van der Waals surface area contributed by atoms with E-state index in [9.17, 15) is 8.78 Å². The molecule has 1 atom stereocenters. The maximum atomic E-state index is 13.1. The number of hydrogen-bond acceptors (Lipinski definition) is 1. The molecule has 18 heavy (non-hydrogen) atoms. The van der Waals surface area contributed by atoms with Gasteiger partial charge in [-0.3, -0.25) is 0 Å². The van der Waals surface area contributed by atoms with Crippen LogP contribution >= 0.6 is 0 Å². The van der Waals surface area contributed by atoms with E-state index in [1.807, 2.05) is 30.1 Å². The second kappa shape index (κ2) is 5.31. The average Bonchev–Trinajstić information content (AvgIpc) is 2.75. The predicted molar refractivity (Wildman–Crippen MR) is 67.4 cm³/mol. The normalized spacial score (nSPS) is 12.7. The summed E-state index contributed by atoms with van der Waals surface area (Å²) in [7, 11) is 1.89. The summed E-state index contributed by atoms with van der Waals surface area (Å²) in [6, 6.07) is 5.84. The van der Waals surface area contributed by atoms with Crippen molar-refractivity contribution in [1.29, 1.82) is 0 Å². The zero-order valence-corrected chi connectivity index (χ0v) is 10.5. The molecule has 0 aliphatic rings. The van der Waals surface area contributed by atoms with Crippen molar-refractivity contribution in [3.05, 3.63) is 59.4 Å². The third-order valence-corrected chi connectivity index (χ3v) is 2.99. The molecule has 0 amide bonds. The summed E-state index contributed by atoms with van der Waals surface area (Å²) in [6.07, 6.45) is 3.88. The van der Waals surface area contributed by atoms with Crippen molar-refractivity contribution in [3.63, 3.8) is 0 Å². The Bertz CT molecular complexity index is 514. The number of nitrogens with zero attached hydrogens (tertiary/aromatic N) is 1. The van der Waals surface area contributed by atoms with E-state index >= 15 is 0 Å². The Hall–Kier alpha value is -1.68. The molecule has 1 aromatic carbocycles. The second-order valence-corrected chi connectivity index (χ2v) is 4.41. The molecule has 0 saturated carbocycles. The SMILES string of the molecule is CNC(C)c1ccn(Cc2cc(F)cc(F)c2)c1. The standard InChI is InChI=1S/C14H16F2N2/c1-10(17-2)12-3-4-18(9-12)8-11-5-13(15)7-14(16)6-11/h3-7,9-10,17H,8H2,1-2H3. The summed E-state index contributed by atoms with van der Waals surface area (Å²) < 4.78 is 28.0. The number of hydrogen-bond donors (Lipinski definition) is 1. The smallest absolute Gasteiger partial charge is 0.126 e. The summed E-state index contributed by atoms with van der Waals surface area (Å²) in [4.78, 5) is 0. The Morgan fingerprint density at radius 1 is 1.22 bits per heavy atom. The van der Waals surface area contributed by atoms with Crippen molar-refractivity contribution in [2.24, 2.45) is 0 Å². The van der Waals surface area contributed by atoms with Gasteiger partial charge in [0.25, 0.3) is 0 Å². The van der Waals surface area contributed by atoms with Crippen LogP contribution in [0.2, 0.25) is 0 Å². The monoisotopic (exact) mass is 250 g/mol. The molecule has 96 valence electrons. The zero-order chi connectivity index (χ0) is 13.1. The van der Waals surface area contributed by atoms with Gasteiger partial charge in [-0.05, 0) is 43.3 Å². The number of rotatable bonds is 4. The third-order valence-electron chi connectivity index (χ3n) is 2.99. The molecule has 2 nitrogen and oxygen atoms in total. The van der Waals surface area contributed by atoms with Gasteiger partial charge in [-0.25, -0.2) is 8.78 Å². The first kappa shape index (κ1) is 12.8. The van der Waals surface area contributed by atoms with Gasteiger partial charge in [0.05, 0.1) is 0 Å². The Labute approximate surface area is 105 Å². The van der Waals surface area contributed by atoms with Gasteiger partial charge >= 0.3 is 0 Å². The molecule has 0 aliphatic carbocycles. The number of aromatic nitrogens is 1. The van der Waals surface area contributed by atoms with Crippen LogP contribution < -0.4 is 5.32 Å². The lowest BCUT2D eigenvalue weighted by Crippen LogP contribution is -2.11. The highest BCUT2D eigenvalue weighted by molar-refractivity contribution is 5.20. The highest BCUT2D eigenvalue weighted by atomic mass is 19.1. The van der Waals surface area contributed by atoms with Gasteiger partial charge in [-0.1, -0.05) is 0 Å². The lowest BCUT2D eigenvalue weighted by atomic mass is 10.2. The first-order valence-corrected chi connectivity index (χ1v) is 5.86. The summed E-state index contributed by atoms with van der Waals surface area (Å²) in [6.45, 7) is 2.52. The lowest BCUT2D eigenvalue weighted by molar-refractivity contribution is 0.577. The largest absolute Gasteiger partial charge is 0.350 e. The minimum absolute atomic E-state index is 0.260. The third kappa shape index (κ3) is 2.96. The molecular weight excluding hydrogens is 234 g/mol. The van der Waals surface area contributed by atoms with Crippen molar-refractivity contribution in [1.82, 2.24) is 9.88 Å². The van der Waals surface area contributed by atoms with Crippen LogP contribution in [0, 0.1) is 11.6 Å². The van der Waals surface area contributed by atoms with Crippen molar-refractivity contribution >= 4 is 0 Å². The highest BCUT2D eigenvalue weighted by Gasteiger charge is 2.05. The molecule has 1 heterocycles. The molecule has 0 spiro atoms. The van der Waals surface area contributed by atoms with Crippen LogP contribution in [-0.2, 0) is 6.54 Å². The molecule has 4 heteroatoms. The van der Waals surface area contributed by atoms with E-state index in [4.69, 9.17) is 0 Å². The molecule has 0 bridgehead atoms. The Morgan fingerprint density at radius 2 is 1.89 bits per heavy atom. The minimum atomic E-state index is -0.541. The quantitative estimate of drug-likeness (QED) is 0.882. The van der Waals surface area contributed by atoms with E-state index in [-0.39, 0.29) is 6.04 Å². The minimum Gasteiger partial charge on any atom is -0.350 e. The Kier molecular flexibility index (Phi) is 3.77. The molecule has 2 aromatic rings. The predicted octanol–water partition coefficient (Wildman–Crippen LogP) is 3.10. The fraction of sp³-hybridized carbons (Fsp3) is 0.286. The van der Waals surface area contributed by atoms with E-state index in [1.165, 1.54) is 12.1 Å². The topological polar surface area (TPSA) is 17.0 Å². The van der Waals surface area contributed by atoms with Gasteiger partial charge in [0.2, 0.25) is 0 Å². The highest BCUT2D eigenvalue weighted by Crippen LogP contribution is 2.14. The average molecular weight is 250 g/mol. The maximum absolute atomic E-state index is 13.1. The van der Waals surface area contributed by atoms with Crippen molar-refractivity contribution < 1.29 is 8.78 Å². The van der Waals surface area contributed by atoms with E-state index < -0.39 is 11.6 Å². The summed E-state index contributed by atoms with van der Waals surface area (Å²) in [5, 5.41) is 3.14. The van der Waals surface area contributed by atoms with Gasteiger partial charge in [0, 0.05) is 31.0 Å². The second-order valence-electron chi connectivity index (χ2n) is 4.41. The van der Waals surface area contributed by atoms with Crippen LogP contribution in [0.3, 0.4) is 0 Å². The fourth-order valence-electron chi connectivity index (χ4n) is 1.89. The first-order chi connectivity index (χ1) is 8.58. The van der Waals surface area contributed by atoms with Gasteiger partial charge < -0.3 is 9.88 Å². The fourth-order valence-corrected chi connectivity index (χ4v) is 1.89. The molecule has 0 fully saturated rings. The van der Waals surface area contributed by atoms with E-state index in [0.29, 0.717) is 12.1 Å². The molecule has 0 radical (unpaired) electrons. The van der Waals surface area contributed by atoms with Crippen molar-refractivity contribution in [3.8, 4) is 0 Å².